The molecule has 2 rings (SSSR count). The molecule has 3 N–H and O–H groups in total. The van der Waals surface area contributed by atoms with E-state index in [0.29, 0.717) is 0 Å². The Kier molecular flexibility index (Phi) is 9.44. The summed E-state index contributed by atoms with van der Waals surface area (Å²) in [6.45, 7) is 6.11. The highest BCUT2D eigenvalue weighted by atomic mass is 32.2. The van der Waals surface area contributed by atoms with Crippen LogP contribution in [0.3, 0.4) is 0 Å². The van der Waals surface area contributed by atoms with Gasteiger partial charge in [-0.3, -0.25) is 0 Å². The molecule has 0 spiro atoms. The molecule has 158 valence electrons. The lowest BCUT2D eigenvalue weighted by Gasteiger charge is -2.24. The average Bonchev–Trinajstić information content (AvgIpc) is 2.77. The van der Waals surface area contributed by atoms with Crippen LogP contribution in [-0.2, 0) is 19.0 Å². The minimum atomic E-state index is -0.548. The molecule has 0 atom stereocenters. The molecule has 0 saturated heterocycles. The van der Waals surface area contributed by atoms with Gasteiger partial charge < -0.3 is 15.3 Å². The van der Waals surface area contributed by atoms with Gasteiger partial charge in [-0.2, -0.15) is 0 Å². The zero-order valence-corrected chi connectivity index (χ0v) is 18.6. The standard InChI is InChI=1S/C25H34O3S/c1-4-25(28,5-2)13-7-8-19(3)21-9-6-10-24(15-21)29-18-20-11-12-22(16-26)23(14-20)17-27/h6,8-12,14-15,26-28H,4-5,7,13,16-18H2,1-3H3/b19-8-. The van der Waals surface area contributed by atoms with Crippen molar-refractivity contribution >= 4 is 17.3 Å². The topological polar surface area (TPSA) is 60.7 Å². The monoisotopic (exact) mass is 414 g/mol. The summed E-state index contributed by atoms with van der Waals surface area (Å²) >= 11 is 1.76. The molecule has 0 saturated carbocycles. The van der Waals surface area contributed by atoms with Crippen LogP contribution >= 0.6 is 11.8 Å². The molecule has 0 aliphatic carbocycles. The first-order chi connectivity index (χ1) is 13.9. The number of aliphatic hydroxyl groups is 3. The molecule has 0 bridgehead atoms. The number of thioether (sulfide) groups is 1. The van der Waals surface area contributed by atoms with E-state index < -0.39 is 5.60 Å². The molecule has 2 aromatic rings. The van der Waals surface area contributed by atoms with Crippen molar-refractivity contribution in [2.24, 2.45) is 0 Å². The summed E-state index contributed by atoms with van der Waals surface area (Å²) < 4.78 is 0. The maximum absolute atomic E-state index is 10.4. The highest BCUT2D eigenvalue weighted by Crippen LogP contribution is 2.28. The lowest BCUT2D eigenvalue weighted by molar-refractivity contribution is 0.0246. The van der Waals surface area contributed by atoms with Gasteiger partial charge in [0, 0.05) is 10.6 Å². The van der Waals surface area contributed by atoms with E-state index in [1.165, 1.54) is 16.0 Å². The van der Waals surface area contributed by atoms with Crippen molar-refractivity contribution in [3.05, 3.63) is 70.8 Å². The first-order valence-corrected chi connectivity index (χ1v) is 11.4. The van der Waals surface area contributed by atoms with Crippen LogP contribution in [0.2, 0.25) is 0 Å². The summed E-state index contributed by atoms with van der Waals surface area (Å²) in [7, 11) is 0. The fraction of sp³-hybridized carbons (Fsp3) is 0.440. The maximum atomic E-state index is 10.4. The van der Waals surface area contributed by atoms with E-state index in [9.17, 15) is 15.3 Å². The molecule has 2 aromatic carbocycles. The van der Waals surface area contributed by atoms with E-state index in [1.807, 2.05) is 32.0 Å². The van der Waals surface area contributed by atoms with Crippen molar-refractivity contribution < 1.29 is 15.3 Å². The molecule has 0 unspecified atom stereocenters. The van der Waals surface area contributed by atoms with Gasteiger partial charge in [0.05, 0.1) is 18.8 Å². The van der Waals surface area contributed by atoms with Crippen LogP contribution in [0.4, 0.5) is 0 Å². The van der Waals surface area contributed by atoms with E-state index in [2.05, 4.69) is 37.3 Å². The van der Waals surface area contributed by atoms with Gasteiger partial charge in [-0.1, -0.05) is 50.3 Å². The van der Waals surface area contributed by atoms with E-state index in [0.717, 1.165) is 48.1 Å². The number of benzene rings is 2. The van der Waals surface area contributed by atoms with Gasteiger partial charge in [0.2, 0.25) is 0 Å². The van der Waals surface area contributed by atoms with Gasteiger partial charge in [0.25, 0.3) is 0 Å². The summed E-state index contributed by atoms with van der Waals surface area (Å²) in [6, 6.07) is 14.4. The van der Waals surface area contributed by atoms with E-state index in [1.54, 1.807) is 11.8 Å². The Hall–Kier alpha value is -1.59. The molecule has 4 heteroatoms. The van der Waals surface area contributed by atoms with Crippen molar-refractivity contribution in [2.75, 3.05) is 0 Å². The van der Waals surface area contributed by atoms with Crippen LogP contribution in [0.1, 0.15) is 68.7 Å². The van der Waals surface area contributed by atoms with Crippen LogP contribution in [0.5, 0.6) is 0 Å². The minimum absolute atomic E-state index is 0.0507. The molecule has 0 aromatic heterocycles. The summed E-state index contributed by atoms with van der Waals surface area (Å²) in [4.78, 5) is 1.20. The largest absolute Gasteiger partial charge is 0.392 e. The Bertz CT molecular complexity index is 809. The second kappa shape index (κ2) is 11.6. The predicted octanol–water partition coefficient (Wildman–Crippen LogP) is 5.70. The van der Waals surface area contributed by atoms with Crippen LogP contribution in [0, 0.1) is 0 Å². The highest BCUT2D eigenvalue weighted by molar-refractivity contribution is 7.98. The van der Waals surface area contributed by atoms with Gasteiger partial charge >= 0.3 is 0 Å². The number of allylic oxidation sites excluding steroid dienone is 2. The molecule has 0 heterocycles. The van der Waals surface area contributed by atoms with Crippen LogP contribution in [0.15, 0.2) is 53.4 Å². The Morgan fingerprint density at radius 3 is 2.38 bits per heavy atom. The molecule has 0 aliphatic heterocycles. The molecule has 0 fully saturated rings. The van der Waals surface area contributed by atoms with Gasteiger partial charge in [0.15, 0.2) is 0 Å². The van der Waals surface area contributed by atoms with E-state index >= 15 is 0 Å². The van der Waals surface area contributed by atoms with Crippen molar-refractivity contribution in [1.29, 1.82) is 0 Å². The summed E-state index contributed by atoms with van der Waals surface area (Å²) in [6.07, 6.45) is 5.48. The summed E-state index contributed by atoms with van der Waals surface area (Å²) in [5.74, 6) is 0.810. The molecule has 0 amide bonds. The lowest BCUT2D eigenvalue weighted by Crippen LogP contribution is -2.25. The SMILES string of the molecule is CCC(O)(CC)CC/C=C(/C)c1cccc(SCc2ccc(CO)c(CO)c2)c1. The lowest BCUT2D eigenvalue weighted by atomic mass is 9.91. The van der Waals surface area contributed by atoms with Crippen molar-refractivity contribution in [3.8, 4) is 0 Å². The number of hydrogen-bond acceptors (Lipinski definition) is 4. The predicted molar refractivity (Wildman–Crippen MR) is 123 cm³/mol. The van der Waals surface area contributed by atoms with Gasteiger partial charge in [-0.15, -0.1) is 11.8 Å². The summed E-state index contributed by atoms with van der Waals surface area (Å²) in [5.41, 5.74) is 4.59. The zero-order valence-electron chi connectivity index (χ0n) is 17.8. The summed E-state index contributed by atoms with van der Waals surface area (Å²) in [5, 5.41) is 29.2. The van der Waals surface area contributed by atoms with Gasteiger partial charge in [-0.05, 0) is 72.6 Å². The first kappa shape index (κ1) is 23.7. The Balaban J connectivity index is 2.01. The number of hydrogen-bond donors (Lipinski definition) is 3. The Morgan fingerprint density at radius 2 is 1.72 bits per heavy atom. The van der Waals surface area contributed by atoms with Gasteiger partial charge in [-0.25, -0.2) is 0 Å². The molecule has 0 aliphatic rings. The molecule has 0 radical (unpaired) electrons. The minimum Gasteiger partial charge on any atom is -0.392 e. The maximum Gasteiger partial charge on any atom is 0.0685 e. The third-order valence-electron chi connectivity index (χ3n) is 5.68. The van der Waals surface area contributed by atoms with E-state index in [4.69, 9.17) is 0 Å². The molecule has 29 heavy (non-hydrogen) atoms. The first-order valence-electron chi connectivity index (χ1n) is 10.4. The van der Waals surface area contributed by atoms with E-state index in [-0.39, 0.29) is 13.2 Å². The quantitative estimate of drug-likeness (QED) is 0.413. The molecular weight excluding hydrogens is 380 g/mol. The van der Waals surface area contributed by atoms with Crippen LogP contribution < -0.4 is 0 Å². The fourth-order valence-corrected chi connectivity index (χ4v) is 4.25. The second-order valence-corrected chi connectivity index (χ2v) is 8.64. The smallest absolute Gasteiger partial charge is 0.0685 e. The zero-order chi connectivity index (χ0) is 21.3. The van der Waals surface area contributed by atoms with Crippen LogP contribution in [0.25, 0.3) is 5.57 Å². The van der Waals surface area contributed by atoms with Crippen LogP contribution in [-0.4, -0.2) is 20.9 Å². The Labute approximate surface area is 179 Å². The number of aliphatic hydroxyl groups excluding tert-OH is 2. The van der Waals surface area contributed by atoms with Gasteiger partial charge in [0.1, 0.15) is 0 Å². The van der Waals surface area contributed by atoms with Crippen molar-refractivity contribution in [2.45, 2.75) is 75.9 Å². The molecular formula is C25H34O3S. The number of rotatable bonds is 11. The average molecular weight is 415 g/mol. The Morgan fingerprint density at radius 1 is 1.00 bits per heavy atom. The fourth-order valence-electron chi connectivity index (χ4n) is 3.35. The third-order valence-corrected chi connectivity index (χ3v) is 6.75. The highest BCUT2D eigenvalue weighted by Gasteiger charge is 2.20. The molecule has 3 nitrogen and oxygen atoms in total. The normalized spacial score (nSPS) is 12.4. The van der Waals surface area contributed by atoms with Crippen molar-refractivity contribution in [3.63, 3.8) is 0 Å². The van der Waals surface area contributed by atoms with Crippen molar-refractivity contribution in [1.82, 2.24) is 0 Å². The second-order valence-electron chi connectivity index (χ2n) is 7.59. The third kappa shape index (κ3) is 7.00.